The molecule has 0 amide bonds. The minimum atomic E-state index is 0.0440. The molecule has 1 N–H and O–H groups in total. The van der Waals surface area contributed by atoms with Gasteiger partial charge in [-0.25, -0.2) is 0 Å². The maximum absolute atomic E-state index is 8.79. The first-order chi connectivity index (χ1) is 4.92. The summed E-state index contributed by atoms with van der Waals surface area (Å²) in [5.74, 6) is 0.669. The van der Waals surface area contributed by atoms with Crippen LogP contribution in [0.3, 0.4) is 0 Å². The molecule has 54 valence electrons. The fourth-order valence-electron chi connectivity index (χ4n) is 0.981. The summed E-state index contributed by atoms with van der Waals surface area (Å²) in [6.07, 6.45) is 2.49. The van der Waals surface area contributed by atoms with Gasteiger partial charge in [0.25, 0.3) is 0 Å². The molecule has 0 spiro atoms. The first-order valence-electron chi connectivity index (χ1n) is 3.34. The van der Waals surface area contributed by atoms with Crippen LogP contribution in [-0.2, 0) is 6.61 Å². The average Bonchev–Trinajstić information content (AvgIpc) is 2.69. The molecule has 0 unspecified atom stereocenters. The van der Waals surface area contributed by atoms with Gasteiger partial charge in [-0.3, -0.25) is 0 Å². The molecule has 0 bridgehead atoms. The Morgan fingerprint density at radius 2 is 2.40 bits per heavy atom. The molecule has 10 heavy (non-hydrogen) atoms. The first kappa shape index (κ1) is 6.24. The van der Waals surface area contributed by atoms with E-state index in [9.17, 15) is 0 Å². The molecular weight excluding hydrogens is 148 g/mol. The van der Waals surface area contributed by atoms with E-state index in [1.165, 1.54) is 29.3 Å². The number of aliphatic hydroxyl groups is 1. The second kappa shape index (κ2) is 2.29. The third-order valence-corrected chi connectivity index (χ3v) is 2.61. The summed E-state index contributed by atoms with van der Waals surface area (Å²) in [6.45, 7) is 0.0440. The van der Waals surface area contributed by atoms with Gasteiger partial charge in [0, 0.05) is 0 Å². The molecule has 1 saturated carbocycles. The summed E-state index contributed by atoms with van der Waals surface area (Å²) in [4.78, 5) is 1.20. The third-order valence-electron chi connectivity index (χ3n) is 1.68. The van der Waals surface area contributed by atoms with Crippen molar-refractivity contribution in [3.8, 4) is 0 Å². The SMILES string of the molecule is OCc1nnsc1C1CC1. The Kier molecular flexibility index (Phi) is 1.43. The van der Waals surface area contributed by atoms with Crippen LogP contribution in [0.15, 0.2) is 0 Å². The molecule has 3 nitrogen and oxygen atoms in total. The molecule has 1 fully saturated rings. The first-order valence-corrected chi connectivity index (χ1v) is 4.11. The van der Waals surface area contributed by atoms with Crippen LogP contribution in [0.5, 0.6) is 0 Å². The van der Waals surface area contributed by atoms with Crippen molar-refractivity contribution in [1.29, 1.82) is 0 Å². The van der Waals surface area contributed by atoms with Crippen LogP contribution in [0, 0.1) is 0 Å². The minimum absolute atomic E-state index is 0.0440. The summed E-state index contributed by atoms with van der Waals surface area (Å²) < 4.78 is 3.79. The maximum atomic E-state index is 8.79. The van der Waals surface area contributed by atoms with E-state index in [4.69, 9.17) is 5.11 Å². The molecule has 1 aromatic heterocycles. The van der Waals surface area contributed by atoms with Crippen LogP contribution in [0.4, 0.5) is 0 Å². The zero-order chi connectivity index (χ0) is 6.97. The number of hydrogen-bond acceptors (Lipinski definition) is 4. The average molecular weight is 156 g/mol. The molecule has 0 atom stereocenters. The van der Waals surface area contributed by atoms with E-state index >= 15 is 0 Å². The van der Waals surface area contributed by atoms with Gasteiger partial charge in [-0.2, -0.15) is 0 Å². The summed E-state index contributed by atoms with van der Waals surface area (Å²) >= 11 is 1.42. The van der Waals surface area contributed by atoms with Crippen LogP contribution < -0.4 is 0 Å². The summed E-state index contributed by atoms with van der Waals surface area (Å²) in [6, 6.07) is 0. The summed E-state index contributed by atoms with van der Waals surface area (Å²) in [5.41, 5.74) is 0.785. The zero-order valence-electron chi connectivity index (χ0n) is 5.45. The molecule has 0 aliphatic heterocycles. The van der Waals surface area contributed by atoms with Gasteiger partial charge in [-0.1, -0.05) is 4.49 Å². The molecule has 2 rings (SSSR count). The van der Waals surface area contributed by atoms with Crippen molar-refractivity contribution in [3.63, 3.8) is 0 Å². The predicted molar refractivity (Wildman–Crippen MR) is 37.8 cm³/mol. The maximum Gasteiger partial charge on any atom is 0.104 e. The molecule has 1 aliphatic rings. The van der Waals surface area contributed by atoms with Crippen LogP contribution >= 0.6 is 11.5 Å². The predicted octanol–water partition coefficient (Wildman–Crippen LogP) is 0.908. The van der Waals surface area contributed by atoms with Crippen LogP contribution in [0.1, 0.15) is 29.3 Å². The van der Waals surface area contributed by atoms with Crippen molar-refractivity contribution in [3.05, 3.63) is 10.6 Å². The molecule has 0 radical (unpaired) electrons. The number of rotatable bonds is 2. The van der Waals surface area contributed by atoms with Gasteiger partial charge in [0.05, 0.1) is 11.5 Å². The van der Waals surface area contributed by atoms with E-state index in [1.807, 2.05) is 0 Å². The van der Waals surface area contributed by atoms with Crippen LogP contribution in [-0.4, -0.2) is 14.7 Å². The lowest BCUT2D eigenvalue weighted by Crippen LogP contribution is -1.87. The van der Waals surface area contributed by atoms with Gasteiger partial charge < -0.3 is 5.11 Å². The lowest BCUT2D eigenvalue weighted by molar-refractivity contribution is 0.275. The van der Waals surface area contributed by atoms with Gasteiger partial charge in [-0.15, -0.1) is 5.10 Å². The zero-order valence-corrected chi connectivity index (χ0v) is 6.27. The molecule has 0 saturated heterocycles. The number of aliphatic hydroxyl groups excluding tert-OH is 1. The molecule has 4 heteroatoms. The Bertz CT molecular complexity index is 231. The Labute approximate surface area is 62.9 Å². The highest BCUT2D eigenvalue weighted by atomic mass is 32.1. The topological polar surface area (TPSA) is 46.0 Å². The van der Waals surface area contributed by atoms with Crippen molar-refractivity contribution < 1.29 is 5.11 Å². The van der Waals surface area contributed by atoms with E-state index in [2.05, 4.69) is 9.59 Å². The van der Waals surface area contributed by atoms with Gasteiger partial charge in [0.2, 0.25) is 0 Å². The number of aromatic nitrogens is 2. The third kappa shape index (κ3) is 0.932. The number of hydrogen-bond donors (Lipinski definition) is 1. The van der Waals surface area contributed by atoms with Crippen molar-refractivity contribution in [1.82, 2.24) is 9.59 Å². The van der Waals surface area contributed by atoms with Crippen LogP contribution in [0.2, 0.25) is 0 Å². The monoisotopic (exact) mass is 156 g/mol. The van der Waals surface area contributed by atoms with E-state index in [1.54, 1.807) is 0 Å². The largest absolute Gasteiger partial charge is 0.390 e. The van der Waals surface area contributed by atoms with Gasteiger partial charge in [0.1, 0.15) is 5.69 Å². The van der Waals surface area contributed by atoms with Gasteiger partial charge >= 0.3 is 0 Å². The molecule has 1 aliphatic carbocycles. The van der Waals surface area contributed by atoms with Crippen molar-refractivity contribution >= 4 is 11.5 Å². The summed E-state index contributed by atoms with van der Waals surface area (Å²) in [5, 5.41) is 12.6. The molecular formula is C6H8N2OS. The second-order valence-electron chi connectivity index (χ2n) is 2.52. The van der Waals surface area contributed by atoms with Crippen molar-refractivity contribution in [2.75, 3.05) is 0 Å². The van der Waals surface area contributed by atoms with Crippen LogP contribution in [0.25, 0.3) is 0 Å². The highest BCUT2D eigenvalue weighted by Crippen LogP contribution is 2.42. The normalized spacial score (nSPS) is 17.7. The fourth-order valence-corrected chi connectivity index (χ4v) is 1.80. The minimum Gasteiger partial charge on any atom is -0.390 e. The lowest BCUT2D eigenvalue weighted by atomic mass is 10.3. The smallest absolute Gasteiger partial charge is 0.104 e. The van der Waals surface area contributed by atoms with E-state index in [0.29, 0.717) is 5.92 Å². The van der Waals surface area contributed by atoms with Gasteiger partial charge in [0.15, 0.2) is 0 Å². The Morgan fingerprint density at radius 3 is 3.00 bits per heavy atom. The summed E-state index contributed by atoms with van der Waals surface area (Å²) in [7, 11) is 0. The quantitative estimate of drug-likeness (QED) is 0.692. The molecule has 0 aromatic carbocycles. The molecule has 1 aromatic rings. The van der Waals surface area contributed by atoms with Crippen molar-refractivity contribution in [2.24, 2.45) is 0 Å². The lowest BCUT2D eigenvalue weighted by Gasteiger charge is -1.90. The van der Waals surface area contributed by atoms with E-state index in [0.717, 1.165) is 5.69 Å². The molecule has 1 heterocycles. The standard InChI is InChI=1S/C6H8N2OS/c9-3-5-6(4-1-2-4)10-8-7-5/h4,9H,1-3H2. The Hall–Kier alpha value is -0.480. The Balaban J connectivity index is 2.28. The number of nitrogens with zero attached hydrogens (tertiary/aromatic N) is 2. The highest BCUT2D eigenvalue weighted by molar-refractivity contribution is 7.05. The second-order valence-corrected chi connectivity index (χ2v) is 3.30. The fraction of sp³-hybridized carbons (Fsp3) is 0.667. The van der Waals surface area contributed by atoms with E-state index in [-0.39, 0.29) is 6.61 Å². The Morgan fingerprint density at radius 1 is 1.60 bits per heavy atom. The van der Waals surface area contributed by atoms with Gasteiger partial charge in [-0.05, 0) is 30.3 Å². The van der Waals surface area contributed by atoms with E-state index < -0.39 is 0 Å². The van der Waals surface area contributed by atoms with Crippen molar-refractivity contribution in [2.45, 2.75) is 25.4 Å². The highest BCUT2D eigenvalue weighted by Gasteiger charge is 2.28.